The zero-order chi connectivity index (χ0) is 8.55. The van der Waals surface area contributed by atoms with Gasteiger partial charge in [0.2, 0.25) is 5.65 Å². The summed E-state index contributed by atoms with van der Waals surface area (Å²) in [6.07, 6.45) is 2.89. The first kappa shape index (κ1) is 6.71. The molecule has 0 saturated heterocycles. The first-order valence-corrected chi connectivity index (χ1v) is 3.22. The van der Waals surface area contributed by atoms with Crippen molar-refractivity contribution in [3.8, 4) is 0 Å². The Hall–Kier alpha value is -1.98. The molecule has 60 valence electrons. The number of nitro groups is 1. The third kappa shape index (κ3) is 0.815. The Kier molecular flexibility index (Phi) is 1.26. The highest BCUT2D eigenvalue weighted by molar-refractivity contribution is 5.57. The van der Waals surface area contributed by atoms with E-state index >= 15 is 0 Å². The monoisotopic (exact) mass is 164 g/mol. The molecule has 0 aromatic carbocycles. The average molecular weight is 164 g/mol. The second-order valence-corrected chi connectivity index (χ2v) is 2.18. The third-order valence-electron chi connectivity index (χ3n) is 1.48. The Balaban J connectivity index is 2.82. The largest absolute Gasteiger partial charge is 0.313 e. The van der Waals surface area contributed by atoms with Crippen LogP contribution < -0.4 is 0 Å². The lowest BCUT2D eigenvalue weighted by Gasteiger charge is -1.91. The summed E-state index contributed by atoms with van der Waals surface area (Å²) in [6.45, 7) is 0. The maximum Gasteiger partial charge on any atom is 0.313 e. The van der Waals surface area contributed by atoms with Crippen molar-refractivity contribution in [1.29, 1.82) is 0 Å². The molecule has 0 aliphatic carbocycles. The first-order valence-electron chi connectivity index (χ1n) is 3.22. The van der Waals surface area contributed by atoms with Gasteiger partial charge in [0.15, 0.2) is 0 Å². The molecule has 2 rings (SSSR count). The van der Waals surface area contributed by atoms with Gasteiger partial charge in [-0.3, -0.25) is 10.1 Å². The van der Waals surface area contributed by atoms with Gasteiger partial charge in [-0.1, -0.05) is 0 Å². The van der Waals surface area contributed by atoms with Crippen LogP contribution in [0.1, 0.15) is 0 Å². The van der Waals surface area contributed by atoms with E-state index in [9.17, 15) is 10.1 Å². The van der Waals surface area contributed by atoms with E-state index in [1.807, 2.05) is 0 Å². The fraction of sp³-hybridized carbons (Fsp3) is 0. The third-order valence-corrected chi connectivity index (χ3v) is 1.48. The van der Waals surface area contributed by atoms with E-state index in [0.29, 0.717) is 0 Å². The van der Waals surface area contributed by atoms with Crippen LogP contribution in [0.3, 0.4) is 0 Å². The van der Waals surface area contributed by atoms with Crippen LogP contribution in [-0.4, -0.2) is 19.5 Å². The summed E-state index contributed by atoms with van der Waals surface area (Å²) in [5.41, 5.74) is 0.234. The predicted octanol–water partition coefficient (Wildman–Crippen LogP) is 0.637. The molecule has 2 aromatic heterocycles. The topological polar surface area (TPSA) is 73.3 Å². The van der Waals surface area contributed by atoms with Gasteiger partial charge in [-0.05, 0) is 6.07 Å². The zero-order valence-electron chi connectivity index (χ0n) is 5.91. The molecule has 0 bridgehead atoms. The number of hydrogen-bond donors (Lipinski definition) is 0. The van der Waals surface area contributed by atoms with Gasteiger partial charge in [-0.25, -0.2) is 9.50 Å². The van der Waals surface area contributed by atoms with Crippen molar-refractivity contribution in [2.45, 2.75) is 0 Å². The maximum atomic E-state index is 10.4. The van der Waals surface area contributed by atoms with E-state index < -0.39 is 4.92 Å². The van der Waals surface area contributed by atoms with Crippen LogP contribution in [0.25, 0.3) is 5.65 Å². The van der Waals surface area contributed by atoms with Crippen LogP contribution in [0.4, 0.5) is 5.69 Å². The predicted molar refractivity (Wildman–Crippen MR) is 39.6 cm³/mol. The van der Waals surface area contributed by atoms with E-state index in [-0.39, 0.29) is 11.3 Å². The van der Waals surface area contributed by atoms with Crippen molar-refractivity contribution in [1.82, 2.24) is 14.6 Å². The second kappa shape index (κ2) is 2.26. The normalized spacial score (nSPS) is 10.3. The van der Waals surface area contributed by atoms with E-state index in [1.165, 1.54) is 16.9 Å². The van der Waals surface area contributed by atoms with Crippen molar-refractivity contribution in [2.24, 2.45) is 0 Å². The van der Waals surface area contributed by atoms with Crippen molar-refractivity contribution in [2.75, 3.05) is 0 Å². The van der Waals surface area contributed by atoms with Crippen LogP contribution in [0.2, 0.25) is 0 Å². The van der Waals surface area contributed by atoms with Crippen molar-refractivity contribution >= 4 is 11.3 Å². The Morgan fingerprint density at radius 1 is 1.58 bits per heavy atom. The Labute approximate surface area is 66.6 Å². The van der Waals surface area contributed by atoms with E-state index in [4.69, 9.17) is 0 Å². The summed E-state index contributed by atoms with van der Waals surface area (Å²) < 4.78 is 1.36. The quantitative estimate of drug-likeness (QED) is 0.457. The lowest BCUT2D eigenvalue weighted by Crippen LogP contribution is -1.93. The minimum atomic E-state index is -0.482. The van der Waals surface area contributed by atoms with Crippen molar-refractivity contribution in [3.05, 3.63) is 34.8 Å². The summed E-state index contributed by atoms with van der Waals surface area (Å²) >= 11 is 0. The van der Waals surface area contributed by atoms with Gasteiger partial charge in [0.05, 0.1) is 4.92 Å². The summed E-state index contributed by atoms with van der Waals surface area (Å²) in [5, 5.41) is 14.2. The molecule has 0 amide bonds. The summed E-state index contributed by atoms with van der Waals surface area (Å²) in [7, 11) is 0. The van der Waals surface area contributed by atoms with Crippen molar-refractivity contribution < 1.29 is 4.92 Å². The SMILES string of the molecule is O=[N+]([O-])c1cccn2ncnc12. The molecule has 2 heterocycles. The Morgan fingerprint density at radius 2 is 2.42 bits per heavy atom. The van der Waals surface area contributed by atoms with Gasteiger partial charge < -0.3 is 0 Å². The first-order chi connectivity index (χ1) is 5.79. The number of fused-ring (bicyclic) bond motifs is 1. The number of hydrogen-bond acceptors (Lipinski definition) is 4. The fourth-order valence-corrected chi connectivity index (χ4v) is 0.975. The molecule has 0 fully saturated rings. The molecule has 6 heteroatoms. The molecule has 0 radical (unpaired) electrons. The lowest BCUT2D eigenvalue weighted by molar-refractivity contribution is -0.383. The van der Waals surface area contributed by atoms with Crippen LogP contribution in [0, 0.1) is 10.1 Å². The summed E-state index contributed by atoms with van der Waals surface area (Å²) in [4.78, 5) is 13.7. The molecular formula is C6H4N4O2. The molecule has 12 heavy (non-hydrogen) atoms. The van der Waals surface area contributed by atoms with Crippen LogP contribution in [0.15, 0.2) is 24.7 Å². The number of nitrogens with zero attached hydrogens (tertiary/aromatic N) is 4. The van der Waals surface area contributed by atoms with Crippen LogP contribution in [0.5, 0.6) is 0 Å². The molecular weight excluding hydrogens is 160 g/mol. The average Bonchev–Trinajstić information content (AvgIpc) is 2.49. The number of rotatable bonds is 1. The molecule has 2 aromatic rings. The molecule has 6 nitrogen and oxygen atoms in total. The van der Waals surface area contributed by atoms with E-state index in [0.717, 1.165) is 0 Å². The van der Waals surface area contributed by atoms with Crippen molar-refractivity contribution in [3.63, 3.8) is 0 Å². The molecule has 0 saturated carbocycles. The van der Waals surface area contributed by atoms with Gasteiger partial charge in [0.1, 0.15) is 6.33 Å². The Bertz CT molecular complexity index is 436. The highest BCUT2D eigenvalue weighted by atomic mass is 16.6. The van der Waals surface area contributed by atoms with Gasteiger partial charge in [-0.2, -0.15) is 5.10 Å². The minimum absolute atomic E-state index is 0.0324. The molecule has 0 aliphatic heterocycles. The van der Waals surface area contributed by atoms with Crippen LogP contribution in [-0.2, 0) is 0 Å². The highest BCUT2D eigenvalue weighted by Gasteiger charge is 2.12. The molecule has 0 N–H and O–H groups in total. The Morgan fingerprint density at radius 3 is 3.17 bits per heavy atom. The number of pyridine rings is 1. The van der Waals surface area contributed by atoms with Gasteiger partial charge >= 0.3 is 5.69 Å². The molecule has 0 atom stereocenters. The van der Waals surface area contributed by atoms with E-state index in [1.54, 1.807) is 12.3 Å². The fourth-order valence-electron chi connectivity index (χ4n) is 0.975. The minimum Gasteiger partial charge on any atom is -0.258 e. The van der Waals surface area contributed by atoms with Gasteiger partial charge in [-0.15, -0.1) is 0 Å². The molecule has 0 spiro atoms. The highest BCUT2D eigenvalue weighted by Crippen LogP contribution is 2.14. The standard InChI is InChI=1S/C6H4N4O2/c11-10(12)5-2-1-3-9-6(5)7-4-8-9/h1-4H. The lowest BCUT2D eigenvalue weighted by atomic mass is 10.4. The molecule has 0 unspecified atom stereocenters. The second-order valence-electron chi connectivity index (χ2n) is 2.18. The van der Waals surface area contributed by atoms with Gasteiger partial charge in [0, 0.05) is 12.3 Å². The van der Waals surface area contributed by atoms with Gasteiger partial charge in [0.25, 0.3) is 0 Å². The summed E-state index contributed by atoms with van der Waals surface area (Å²) in [5.74, 6) is 0. The molecule has 0 aliphatic rings. The van der Waals surface area contributed by atoms with Crippen LogP contribution >= 0.6 is 0 Å². The number of aromatic nitrogens is 3. The maximum absolute atomic E-state index is 10.4. The smallest absolute Gasteiger partial charge is 0.258 e. The summed E-state index contributed by atoms with van der Waals surface area (Å²) in [6, 6.07) is 2.95. The zero-order valence-corrected chi connectivity index (χ0v) is 5.91. The van der Waals surface area contributed by atoms with E-state index in [2.05, 4.69) is 10.1 Å².